The fourth-order valence-corrected chi connectivity index (χ4v) is 1.70. The van der Waals surface area contributed by atoms with E-state index < -0.39 is 0 Å². The van der Waals surface area contributed by atoms with E-state index in [4.69, 9.17) is 0 Å². The molecule has 0 aliphatic carbocycles. The van der Waals surface area contributed by atoms with Crippen LogP contribution in [0.1, 0.15) is 47.0 Å². The Morgan fingerprint density at radius 2 is 2.00 bits per heavy atom. The minimum absolute atomic E-state index is 0.0873. The van der Waals surface area contributed by atoms with Gasteiger partial charge in [0.1, 0.15) is 13.6 Å². The van der Waals surface area contributed by atoms with E-state index in [-0.39, 0.29) is 5.41 Å². The third kappa shape index (κ3) is 2.36. The van der Waals surface area contributed by atoms with Crippen molar-refractivity contribution < 1.29 is 4.79 Å². The van der Waals surface area contributed by atoms with Crippen molar-refractivity contribution in [3.8, 4) is 0 Å². The summed E-state index contributed by atoms with van der Waals surface area (Å²) in [6.07, 6.45) is 3.29. The summed E-state index contributed by atoms with van der Waals surface area (Å²) in [6.45, 7) is 8.09. The summed E-state index contributed by atoms with van der Waals surface area (Å²) < 4.78 is 0. The van der Waals surface area contributed by atoms with Crippen LogP contribution in [0, 0.1) is 5.41 Å². The van der Waals surface area contributed by atoms with Crippen LogP contribution in [0.5, 0.6) is 0 Å². The molecule has 0 aromatic carbocycles. The van der Waals surface area contributed by atoms with Crippen LogP contribution in [-0.2, 0) is 4.79 Å². The normalized spacial score (nSPS) is 18.3. The highest BCUT2D eigenvalue weighted by Crippen LogP contribution is 2.37. The number of rotatable bonds is 5. The maximum absolute atomic E-state index is 11.4. The highest BCUT2D eigenvalue weighted by Gasteiger charge is 2.32. The molecule has 0 saturated carbocycles. The Balaban J connectivity index is 4.39. The molecule has 0 fully saturated rings. The summed E-state index contributed by atoms with van der Waals surface area (Å²) in [5.41, 5.74) is -0.0873. The van der Waals surface area contributed by atoms with Gasteiger partial charge in [0.25, 0.3) is 0 Å². The van der Waals surface area contributed by atoms with Crippen LogP contribution < -0.4 is 0 Å². The standard InChI is InChI=1S/C10H21BO/c1-5-7-9(11)10(4,6-2)8(3)12/h9H,5-7,11H2,1-4H3. The molecule has 2 atom stereocenters. The molecule has 0 aliphatic rings. The van der Waals surface area contributed by atoms with Gasteiger partial charge < -0.3 is 0 Å². The molecule has 0 amide bonds. The van der Waals surface area contributed by atoms with E-state index >= 15 is 0 Å². The molecule has 0 aliphatic heterocycles. The molecule has 12 heavy (non-hydrogen) atoms. The van der Waals surface area contributed by atoms with Crippen LogP contribution in [-0.4, -0.2) is 13.6 Å². The molecule has 2 unspecified atom stereocenters. The van der Waals surface area contributed by atoms with Crippen molar-refractivity contribution in [2.75, 3.05) is 0 Å². The van der Waals surface area contributed by atoms with E-state index in [9.17, 15) is 4.79 Å². The summed E-state index contributed by atoms with van der Waals surface area (Å²) >= 11 is 0. The Labute approximate surface area is 77.3 Å². The topological polar surface area (TPSA) is 17.1 Å². The predicted molar refractivity (Wildman–Crippen MR) is 56.3 cm³/mol. The van der Waals surface area contributed by atoms with Gasteiger partial charge in [0, 0.05) is 5.41 Å². The highest BCUT2D eigenvalue weighted by molar-refractivity contribution is 6.14. The van der Waals surface area contributed by atoms with Gasteiger partial charge in [-0.25, -0.2) is 0 Å². The van der Waals surface area contributed by atoms with Crippen LogP contribution in [0.2, 0.25) is 5.82 Å². The first-order chi connectivity index (χ1) is 5.49. The molecule has 70 valence electrons. The van der Waals surface area contributed by atoms with E-state index in [2.05, 4.69) is 28.6 Å². The molecule has 0 spiro atoms. The minimum Gasteiger partial charge on any atom is -0.299 e. The summed E-state index contributed by atoms with van der Waals surface area (Å²) in [5, 5.41) is 0. The van der Waals surface area contributed by atoms with Crippen molar-refractivity contribution in [2.24, 2.45) is 5.41 Å². The second-order valence-electron chi connectivity index (χ2n) is 4.02. The van der Waals surface area contributed by atoms with E-state index in [1.54, 1.807) is 6.92 Å². The minimum atomic E-state index is -0.0873. The Morgan fingerprint density at radius 1 is 1.50 bits per heavy atom. The third-order valence-electron chi connectivity index (χ3n) is 3.35. The maximum Gasteiger partial charge on any atom is 0.135 e. The molecule has 0 radical (unpaired) electrons. The quantitative estimate of drug-likeness (QED) is 0.575. The number of Topliss-reactive ketones (excluding diaryl/α,β-unsaturated/α-hetero) is 1. The fraction of sp³-hybridized carbons (Fsp3) is 0.900. The molecule has 0 aromatic rings. The molecular weight excluding hydrogens is 147 g/mol. The SMILES string of the molecule is BC(CCC)C(C)(CC)C(C)=O. The third-order valence-corrected chi connectivity index (χ3v) is 3.35. The Bertz CT molecular complexity index is 156. The van der Waals surface area contributed by atoms with Gasteiger partial charge in [-0.1, -0.05) is 39.4 Å². The van der Waals surface area contributed by atoms with Crippen molar-refractivity contribution >= 4 is 13.6 Å². The number of hydrogen-bond donors (Lipinski definition) is 0. The van der Waals surface area contributed by atoms with Crippen LogP contribution in [0.15, 0.2) is 0 Å². The largest absolute Gasteiger partial charge is 0.299 e. The van der Waals surface area contributed by atoms with Gasteiger partial charge in [-0.15, -0.1) is 0 Å². The summed E-state index contributed by atoms with van der Waals surface area (Å²) in [5.74, 6) is 0.857. The van der Waals surface area contributed by atoms with Crippen molar-refractivity contribution in [3.05, 3.63) is 0 Å². The lowest BCUT2D eigenvalue weighted by Gasteiger charge is -2.32. The van der Waals surface area contributed by atoms with Crippen LogP contribution in [0.25, 0.3) is 0 Å². The molecule has 0 bridgehead atoms. The van der Waals surface area contributed by atoms with Gasteiger partial charge in [-0.2, -0.15) is 0 Å². The molecule has 1 nitrogen and oxygen atoms in total. The number of carbonyl (C=O) groups excluding carboxylic acids is 1. The smallest absolute Gasteiger partial charge is 0.135 e. The molecule has 0 saturated heterocycles. The average Bonchev–Trinajstić information content (AvgIpc) is 2.03. The van der Waals surface area contributed by atoms with E-state index in [1.165, 1.54) is 6.42 Å². The second-order valence-corrected chi connectivity index (χ2v) is 4.02. The van der Waals surface area contributed by atoms with Gasteiger partial charge in [0.15, 0.2) is 0 Å². The zero-order chi connectivity index (χ0) is 9.78. The zero-order valence-corrected chi connectivity index (χ0v) is 9.11. The molecule has 0 rings (SSSR count). The first-order valence-corrected chi connectivity index (χ1v) is 5.00. The average molecular weight is 168 g/mol. The van der Waals surface area contributed by atoms with E-state index in [1.807, 2.05) is 0 Å². The van der Waals surface area contributed by atoms with Gasteiger partial charge in [0.2, 0.25) is 0 Å². The number of hydrogen-bond acceptors (Lipinski definition) is 1. The molecule has 0 aromatic heterocycles. The Morgan fingerprint density at radius 3 is 2.25 bits per heavy atom. The lowest BCUT2D eigenvalue weighted by molar-refractivity contribution is -0.126. The second kappa shape index (κ2) is 4.69. The van der Waals surface area contributed by atoms with Crippen LogP contribution in [0.3, 0.4) is 0 Å². The van der Waals surface area contributed by atoms with E-state index in [0.717, 1.165) is 12.8 Å². The first-order valence-electron chi connectivity index (χ1n) is 5.00. The van der Waals surface area contributed by atoms with Crippen LogP contribution in [0.4, 0.5) is 0 Å². The van der Waals surface area contributed by atoms with E-state index in [0.29, 0.717) is 11.6 Å². The summed E-state index contributed by atoms with van der Waals surface area (Å²) in [6, 6.07) is 0. The first kappa shape index (κ1) is 11.7. The van der Waals surface area contributed by atoms with Gasteiger partial charge in [-0.3, -0.25) is 4.79 Å². The zero-order valence-electron chi connectivity index (χ0n) is 9.11. The van der Waals surface area contributed by atoms with Gasteiger partial charge in [-0.05, 0) is 13.3 Å². The maximum atomic E-state index is 11.4. The van der Waals surface area contributed by atoms with Crippen molar-refractivity contribution in [3.63, 3.8) is 0 Å². The summed E-state index contributed by atoms with van der Waals surface area (Å²) in [7, 11) is 2.19. The molecular formula is C10H21BO. The predicted octanol–water partition coefficient (Wildman–Crippen LogP) is 2.21. The van der Waals surface area contributed by atoms with Crippen LogP contribution >= 0.6 is 0 Å². The number of carbonyl (C=O) groups is 1. The molecule has 2 heteroatoms. The number of ketones is 1. The fourth-order valence-electron chi connectivity index (χ4n) is 1.70. The Hall–Kier alpha value is -0.265. The summed E-state index contributed by atoms with van der Waals surface area (Å²) in [4.78, 5) is 11.4. The van der Waals surface area contributed by atoms with Gasteiger partial charge >= 0.3 is 0 Å². The van der Waals surface area contributed by atoms with Gasteiger partial charge in [0.05, 0.1) is 0 Å². The molecule has 0 N–H and O–H groups in total. The lowest BCUT2D eigenvalue weighted by atomic mass is 9.61. The van der Waals surface area contributed by atoms with Crippen molar-refractivity contribution in [2.45, 2.75) is 52.8 Å². The van der Waals surface area contributed by atoms with Crippen molar-refractivity contribution in [1.82, 2.24) is 0 Å². The van der Waals surface area contributed by atoms with Crippen molar-refractivity contribution in [1.29, 1.82) is 0 Å². The Kier molecular flexibility index (Phi) is 4.58. The lowest BCUT2D eigenvalue weighted by Crippen LogP contribution is -2.30. The highest BCUT2D eigenvalue weighted by atomic mass is 16.1. The molecule has 0 heterocycles. The monoisotopic (exact) mass is 168 g/mol.